The van der Waals surface area contributed by atoms with E-state index in [1.54, 1.807) is 0 Å². The fourth-order valence-corrected chi connectivity index (χ4v) is 1.37. The minimum atomic E-state index is -4.86. The Kier molecular flexibility index (Phi) is 3.22. The van der Waals surface area contributed by atoms with Crippen molar-refractivity contribution in [3.8, 4) is 0 Å². The normalized spacial score (nSPS) is 12.6. The van der Waals surface area contributed by atoms with Crippen molar-refractivity contribution in [2.24, 2.45) is 0 Å². The van der Waals surface area contributed by atoms with Gasteiger partial charge in [0.1, 0.15) is 0 Å². The van der Waals surface area contributed by atoms with E-state index in [-0.39, 0.29) is 12.4 Å². The van der Waals surface area contributed by atoms with E-state index in [1.807, 2.05) is 0 Å². The number of aryl methyl sites for hydroxylation is 1. The van der Waals surface area contributed by atoms with Crippen LogP contribution in [0.25, 0.3) is 0 Å². The predicted molar refractivity (Wildman–Crippen MR) is 46.6 cm³/mol. The van der Waals surface area contributed by atoms with Crippen LogP contribution in [0, 0.1) is 6.92 Å². The summed E-state index contributed by atoms with van der Waals surface area (Å²) in [5, 5.41) is 0. The van der Waals surface area contributed by atoms with Gasteiger partial charge in [-0.25, -0.2) is 0 Å². The summed E-state index contributed by atoms with van der Waals surface area (Å²) >= 11 is 0. The van der Waals surface area contributed by atoms with Gasteiger partial charge in [-0.15, -0.1) is 0 Å². The number of carbonyl (C=O) groups excluding carboxylic acids is 1. The molecule has 1 aromatic carbocycles. The second-order valence-corrected chi connectivity index (χ2v) is 3.37. The van der Waals surface area contributed by atoms with Crippen molar-refractivity contribution >= 4 is 6.29 Å². The molecule has 7 heteroatoms. The first-order valence-electron chi connectivity index (χ1n) is 4.31. The molecule has 0 unspecified atom stereocenters. The predicted octanol–water partition coefficient (Wildman–Crippen LogP) is 3.85. The zero-order valence-electron chi connectivity index (χ0n) is 8.41. The molecule has 1 nitrogen and oxygen atoms in total. The minimum Gasteiger partial charge on any atom is -0.298 e. The number of carbonyl (C=O) groups is 1. The molecule has 94 valence electrons. The van der Waals surface area contributed by atoms with Crippen molar-refractivity contribution < 1.29 is 31.1 Å². The molecule has 17 heavy (non-hydrogen) atoms. The molecule has 1 aromatic rings. The van der Waals surface area contributed by atoms with Crippen LogP contribution in [0.5, 0.6) is 0 Å². The van der Waals surface area contributed by atoms with Crippen molar-refractivity contribution in [1.29, 1.82) is 0 Å². The van der Waals surface area contributed by atoms with E-state index in [4.69, 9.17) is 0 Å². The van der Waals surface area contributed by atoms with Crippen LogP contribution in [-0.4, -0.2) is 6.29 Å². The van der Waals surface area contributed by atoms with E-state index >= 15 is 0 Å². The molecule has 0 heterocycles. The average Bonchev–Trinajstić information content (AvgIpc) is 2.14. The largest absolute Gasteiger partial charge is 0.417 e. The van der Waals surface area contributed by atoms with Gasteiger partial charge >= 0.3 is 12.4 Å². The second-order valence-electron chi connectivity index (χ2n) is 3.37. The third-order valence-corrected chi connectivity index (χ3v) is 2.13. The second kappa shape index (κ2) is 4.05. The van der Waals surface area contributed by atoms with Gasteiger partial charge < -0.3 is 0 Å². The highest BCUT2D eigenvalue weighted by Gasteiger charge is 2.38. The molecule has 0 saturated heterocycles. The molecule has 0 saturated carbocycles. The summed E-state index contributed by atoms with van der Waals surface area (Å²) in [7, 11) is 0. The first kappa shape index (κ1) is 13.5. The zero-order valence-corrected chi connectivity index (χ0v) is 8.41. The molecule has 0 fully saturated rings. The Hall–Kier alpha value is -1.53. The Labute approximate surface area is 92.0 Å². The van der Waals surface area contributed by atoms with Gasteiger partial charge in [0.25, 0.3) is 0 Å². The number of benzene rings is 1. The summed E-state index contributed by atoms with van der Waals surface area (Å²) in [5.41, 5.74) is -4.20. The highest BCUT2D eigenvalue weighted by molar-refractivity contribution is 5.78. The molecule has 0 spiro atoms. The molecule has 0 aromatic heterocycles. The van der Waals surface area contributed by atoms with Gasteiger partial charge in [-0.1, -0.05) is 0 Å². The molecule has 0 bridgehead atoms. The van der Waals surface area contributed by atoms with Crippen molar-refractivity contribution in [3.05, 3.63) is 34.4 Å². The summed E-state index contributed by atoms with van der Waals surface area (Å²) in [6.45, 7) is 0.909. The lowest BCUT2D eigenvalue weighted by atomic mass is 9.99. The van der Waals surface area contributed by atoms with Crippen molar-refractivity contribution in [2.45, 2.75) is 19.3 Å². The van der Waals surface area contributed by atoms with Crippen LogP contribution >= 0.6 is 0 Å². The van der Waals surface area contributed by atoms with Gasteiger partial charge in [0, 0.05) is 5.56 Å². The molecule has 0 aliphatic carbocycles. The lowest BCUT2D eigenvalue weighted by Gasteiger charge is -2.15. The van der Waals surface area contributed by atoms with Crippen LogP contribution in [0.3, 0.4) is 0 Å². The van der Waals surface area contributed by atoms with Gasteiger partial charge in [-0.2, -0.15) is 26.3 Å². The molecular weight excluding hydrogens is 250 g/mol. The van der Waals surface area contributed by atoms with Crippen LogP contribution in [0.4, 0.5) is 26.3 Å². The fourth-order valence-electron chi connectivity index (χ4n) is 1.37. The maximum atomic E-state index is 12.4. The molecular formula is C10H6F6O. The van der Waals surface area contributed by atoms with Crippen molar-refractivity contribution in [3.63, 3.8) is 0 Å². The van der Waals surface area contributed by atoms with Gasteiger partial charge in [0.05, 0.1) is 11.1 Å². The standard InChI is InChI=1S/C10H6F6O/c1-5-2-8(10(14,15)16)6(4-17)3-7(5)9(11,12)13/h2-4H,1H3. The van der Waals surface area contributed by atoms with E-state index < -0.39 is 34.6 Å². The van der Waals surface area contributed by atoms with E-state index in [0.29, 0.717) is 6.07 Å². The van der Waals surface area contributed by atoms with E-state index in [0.717, 1.165) is 6.92 Å². The summed E-state index contributed by atoms with van der Waals surface area (Å²) < 4.78 is 74.4. The summed E-state index contributed by atoms with van der Waals surface area (Å²) in [6, 6.07) is 0.539. The van der Waals surface area contributed by atoms with Crippen LogP contribution in [-0.2, 0) is 12.4 Å². The number of alkyl halides is 6. The molecule has 0 N–H and O–H groups in total. The van der Waals surface area contributed by atoms with E-state index in [9.17, 15) is 31.1 Å². The molecule has 1 rings (SSSR count). The van der Waals surface area contributed by atoms with Crippen LogP contribution in [0.2, 0.25) is 0 Å². The maximum absolute atomic E-state index is 12.4. The van der Waals surface area contributed by atoms with Crippen LogP contribution < -0.4 is 0 Å². The maximum Gasteiger partial charge on any atom is 0.417 e. The Morgan fingerprint density at radius 1 is 0.941 bits per heavy atom. The Morgan fingerprint density at radius 2 is 1.41 bits per heavy atom. The minimum absolute atomic E-state index is 0.213. The van der Waals surface area contributed by atoms with Crippen LogP contribution in [0.15, 0.2) is 12.1 Å². The van der Waals surface area contributed by atoms with Crippen molar-refractivity contribution in [1.82, 2.24) is 0 Å². The van der Waals surface area contributed by atoms with E-state index in [2.05, 4.69) is 0 Å². The lowest BCUT2D eigenvalue weighted by Crippen LogP contribution is -2.14. The Balaban J connectivity index is 3.51. The Morgan fingerprint density at radius 3 is 1.76 bits per heavy atom. The number of hydrogen-bond acceptors (Lipinski definition) is 1. The number of rotatable bonds is 1. The van der Waals surface area contributed by atoms with Gasteiger partial charge in [0.2, 0.25) is 0 Å². The molecule has 0 radical (unpaired) electrons. The van der Waals surface area contributed by atoms with Gasteiger partial charge in [-0.3, -0.25) is 4.79 Å². The monoisotopic (exact) mass is 256 g/mol. The number of halogens is 6. The highest BCUT2D eigenvalue weighted by Crippen LogP contribution is 2.37. The Bertz CT molecular complexity index is 443. The summed E-state index contributed by atoms with van der Waals surface area (Å²) in [4.78, 5) is 10.4. The quantitative estimate of drug-likeness (QED) is 0.551. The average molecular weight is 256 g/mol. The summed E-state index contributed by atoms with van der Waals surface area (Å²) in [5.74, 6) is 0. The van der Waals surface area contributed by atoms with Gasteiger partial charge in [-0.05, 0) is 24.6 Å². The SMILES string of the molecule is Cc1cc(C(F)(F)F)c(C=O)cc1C(F)(F)F. The first-order valence-corrected chi connectivity index (χ1v) is 4.31. The van der Waals surface area contributed by atoms with Gasteiger partial charge in [0.15, 0.2) is 6.29 Å². The number of aldehydes is 1. The fraction of sp³-hybridized carbons (Fsp3) is 0.300. The highest BCUT2D eigenvalue weighted by atomic mass is 19.4. The van der Waals surface area contributed by atoms with Crippen molar-refractivity contribution in [2.75, 3.05) is 0 Å². The number of hydrogen-bond donors (Lipinski definition) is 0. The first-order chi connectivity index (χ1) is 7.57. The lowest BCUT2D eigenvalue weighted by molar-refractivity contribution is -0.141. The van der Waals surface area contributed by atoms with E-state index in [1.165, 1.54) is 0 Å². The molecule has 0 amide bonds. The molecule has 0 aliphatic rings. The van der Waals surface area contributed by atoms with Crippen LogP contribution in [0.1, 0.15) is 27.0 Å². The molecule has 0 aliphatic heterocycles. The zero-order chi connectivity index (χ0) is 13.4. The third kappa shape index (κ3) is 2.78. The third-order valence-electron chi connectivity index (χ3n) is 2.13. The smallest absolute Gasteiger partial charge is 0.298 e. The summed E-state index contributed by atoms with van der Waals surface area (Å²) in [6.07, 6.45) is -9.88. The molecule has 0 atom stereocenters. The topological polar surface area (TPSA) is 17.1 Å².